The van der Waals surface area contributed by atoms with Crippen molar-refractivity contribution >= 4 is 11.9 Å². The molecule has 1 heterocycles. The van der Waals surface area contributed by atoms with Gasteiger partial charge in [0.15, 0.2) is 6.04 Å². The van der Waals surface area contributed by atoms with Crippen molar-refractivity contribution in [2.24, 2.45) is 0 Å². The van der Waals surface area contributed by atoms with Crippen LogP contribution in [0.3, 0.4) is 0 Å². The zero-order valence-corrected chi connectivity index (χ0v) is 6.18. The number of carbonyl (C=O) groups excluding carboxylic acids is 1. The summed E-state index contributed by atoms with van der Waals surface area (Å²) in [5, 5.41) is 27.1. The minimum atomic E-state index is -2.86. The first-order chi connectivity index (χ1) is 5.37. The Hall–Kier alpha value is -1.18. The van der Waals surface area contributed by atoms with Crippen molar-refractivity contribution in [1.82, 2.24) is 10.4 Å². The summed E-state index contributed by atoms with van der Waals surface area (Å²) >= 11 is 0. The molecule has 1 aliphatic rings. The van der Waals surface area contributed by atoms with Crippen molar-refractivity contribution in [2.45, 2.75) is 11.8 Å². The molecule has 1 amide bonds. The number of rotatable bonds is 1. The smallest absolute Gasteiger partial charge is 0.328 e. The van der Waals surface area contributed by atoms with E-state index in [2.05, 4.69) is 5.43 Å². The normalized spacial score (nSPS) is 27.8. The van der Waals surface area contributed by atoms with Crippen molar-refractivity contribution in [1.29, 1.82) is 0 Å². The van der Waals surface area contributed by atoms with Gasteiger partial charge < -0.3 is 15.3 Å². The summed E-state index contributed by atoms with van der Waals surface area (Å²) in [6, 6.07) is -1.71. The lowest BCUT2D eigenvalue weighted by Gasteiger charge is -2.14. The molecule has 4 N–H and O–H groups in total. The summed E-state index contributed by atoms with van der Waals surface area (Å²) in [5.74, 6) is -5.45. The number of nitrogens with zero attached hydrogens (tertiary/aromatic N) is 1. The van der Waals surface area contributed by atoms with Crippen molar-refractivity contribution in [3.63, 3.8) is 0 Å². The summed E-state index contributed by atoms with van der Waals surface area (Å²) in [7, 11) is 1.20. The van der Waals surface area contributed by atoms with Gasteiger partial charge in [0.1, 0.15) is 0 Å². The van der Waals surface area contributed by atoms with Crippen molar-refractivity contribution < 1.29 is 24.9 Å². The molecule has 0 aromatic rings. The molecule has 1 rings (SSSR count). The maximum atomic E-state index is 10.8. The van der Waals surface area contributed by atoms with Crippen LogP contribution >= 0.6 is 0 Å². The van der Waals surface area contributed by atoms with Crippen LogP contribution in [0.5, 0.6) is 0 Å². The molecule has 68 valence electrons. The lowest BCUT2D eigenvalue weighted by Crippen LogP contribution is -2.51. The fraction of sp³-hybridized carbons (Fsp3) is 0.600. The van der Waals surface area contributed by atoms with E-state index in [4.69, 9.17) is 15.3 Å². The quantitative estimate of drug-likeness (QED) is 0.319. The summed E-state index contributed by atoms with van der Waals surface area (Å²) in [5.41, 5.74) is 2.08. The maximum absolute atomic E-state index is 10.8. The zero-order valence-electron chi connectivity index (χ0n) is 6.18. The molecule has 0 aromatic heterocycles. The molecule has 0 aromatic carbocycles. The van der Waals surface area contributed by atoms with Crippen LogP contribution in [0.25, 0.3) is 0 Å². The molecular weight excluding hydrogens is 168 g/mol. The number of carbonyl (C=O) groups is 2. The van der Waals surface area contributed by atoms with Crippen LogP contribution in [-0.4, -0.2) is 51.1 Å². The third-order valence-corrected chi connectivity index (χ3v) is 1.59. The third-order valence-electron chi connectivity index (χ3n) is 1.59. The van der Waals surface area contributed by atoms with Gasteiger partial charge in [0, 0.05) is 7.05 Å². The van der Waals surface area contributed by atoms with E-state index in [1.54, 1.807) is 0 Å². The van der Waals surface area contributed by atoms with Crippen LogP contribution in [0.4, 0.5) is 0 Å². The molecule has 1 unspecified atom stereocenters. The summed E-state index contributed by atoms with van der Waals surface area (Å²) in [6.45, 7) is 0. The number of hydrazine groups is 1. The molecule has 0 bridgehead atoms. The summed E-state index contributed by atoms with van der Waals surface area (Å²) < 4.78 is 0. The Labute approximate surface area is 67.2 Å². The number of carboxylic acids is 1. The highest BCUT2D eigenvalue weighted by atomic mass is 16.5. The Balaban J connectivity index is 2.95. The van der Waals surface area contributed by atoms with Gasteiger partial charge in [0.05, 0.1) is 0 Å². The molecular formula is C5H8N2O5. The van der Waals surface area contributed by atoms with E-state index in [1.165, 1.54) is 7.05 Å². The van der Waals surface area contributed by atoms with Crippen molar-refractivity contribution in [3.05, 3.63) is 0 Å². The molecule has 0 spiro atoms. The van der Waals surface area contributed by atoms with Crippen LogP contribution in [0.1, 0.15) is 0 Å². The average Bonchev–Trinajstić information content (AvgIpc) is 2.13. The Morgan fingerprint density at radius 1 is 1.67 bits per heavy atom. The molecule has 1 saturated heterocycles. The van der Waals surface area contributed by atoms with Gasteiger partial charge in [-0.15, -0.1) is 0 Å². The van der Waals surface area contributed by atoms with Crippen LogP contribution in [0, 0.1) is 0 Å². The molecule has 0 radical (unpaired) electrons. The van der Waals surface area contributed by atoms with E-state index < -0.39 is 23.7 Å². The Bertz CT molecular complexity index is 238. The second-order valence-corrected chi connectivity index (χ2v) is 2.49. The molecule has 0 saturated carbocycles. The van der Waals surface area contributed by atoms with Gasteiger partial charge in [-0.3, -0.25) is 14.6 Å². The van der Waals surface area contributed by atoms with Gasteiger partial charge in [-0.25, -0.2) is 5.43 Å². The second-order valence-electron chi connectivity index (χ2n) is 2.49. The SMILES string of the molecule is CN1NC(C(=O)O)C(O)(O)C1=O. The summed E-state index contributed by atoms with van der Waals surface area (Å²) in [6.07, 6.45) is 0. The maximum Gasteiger partial charge on any atom is 0.328 e. The number of nitrogens with one attached hydrogen (secondary N) is 1. The molecule has 1 fully saturated rings. The van der Waals surface area contributed by atoms with Gasteiger partial charge >= 0.3 is 5.97 Å². The van der Waals surface area contributed by atoms with Crippen LogP contribution < -0.4 is 5.43 Å². The minimum Gasteiger partial charge on any atom is -0.480 e. The number of amides is 1. The number of hydrogen-bond donors (Lipinski definition) is 4. The highest BCUT2D eigenvalue weighted by Crippen LogP contribution is 2.16. The highest BCUT2D eigenvalue weighted by Gasteiger charge is 2.54. The van der Waals surface area contributed by atoms with E-state index in [0.717, 1.165) is 5.01 Å². The predicted molar refractivity (Wildman–Crippen MR) is 34.5 cm³/mol. The first-order valence-corrected chi connectivity index (χ1v) is 3.09. The van der Waals surface area contributed by atoms with Crippen LogP contribution in [-0.2, 0) is 9.59 Å². The first kappa shape index (κ1) is 8.91. The number of aliphatic hydroxyl groups is 2. The van der Waals surface area contributed by atoms with E-state index >= 15 is 0 Å². The Kier molecular flexibility index (Phi) is 1.79. The molecule has 7 nitrogen and oxygen atoms in total. The molecule has 12 heavy (non-hydrogen) atoms. The highest BCUT2D eigenvalue weighted by molar-refractivity contribution is 5.93. The van der Waals surface area contributed by atoms with Gasteiger partial charge in [0.2, 0.25) is 0 Å². The van der Waals surface area contributed by atoms with E-state index in [0.29, 0.717) is 0 Å². The van der Waals surface area contributed by atoms with E-state index in [9.17, 15) is 9.59 Å². The average molecular weight is 176 g/mol. The molecule has 0 aliphatic carbocycles. The van der Waals surface area contributed by atoms with Gasteiger partial charge in [-0.1, -0.05) is 0 Å². The topological polar surface area (TPSA) is 110 Å². The van der Waals surface area contributed by atoms with Crippen molar-refractivity contribution in [3.8, 4) is 0 Å². The lowest BCUT2D eigenvalue weighted by atomic mass is 10.1. The summed E-state index contributed by atoms with van der Waals surface area (Å²) in [4.78, 5) is 21.2. The van der Waals surface area contributed by atoms with E-state index in [1.807, 2.05) is 0 Å². The van der Waals surface area contributed by atoms with Gasteiger partial charge in [-0.2, -0.15) is 0 Å². The molecule has 7 heteroatoms. The van der Waals surface area contributed by atoms with Gasteiger partial charge in [0.25, 0.3) is 11.7 Å². The van der Waals surface area contributed by atoms with Crippen LogP contribution in [0.15, 0.2) is 0 Å². The molecule has 1 aliphatic heterocycles. The largest absolute Gasteiger partial charge is 0.480 e. The fourth-order valence-electron chi connectivity index (χ4n) is 0.940. The fourth-order valence-corrected chi connectivity index (χ4v) is 0.940. The Morgan fingerprint density at radius 2 is 2.17 bits per heavy atom. The van der Waals surface area contributed by atoms with Gasteiger partial charge in [-0.05, 0) is 0 Å². The number of hydrogen-bond acceptors (Lipinski definition) is 5. The number of aliphatic carboxylic acids is 1. The Morgan fingerprint density at radius 3 is 2.33 bits per heavy atom. The monoisotopic (exact) mass is 176 g/mol. The van der Waals surface area contributed by atoms with Crippen LogP contribution in [0.2, 0.25) is 0 Å². The standard InChI is InChI=1S/C5H8N2O5/c1-7-4(10)5(11,12)2(6-7)3(8)9/h2,6,11-12H,1H3,(H,8,9). The minimum absolute atomic E-state index is 0.721. The first-order valence-electron chi connectivity index (χ1n) is 3.09. The zero-order chi connectivity index (χ0) is 9.52. The van der Waals surface area contributed by atoms with Crippen molar-refractivity contribution in [2.75, 3.05) is 7.05 Å². The number of carboxylic acid groups (broad SMARTS) is 1. The molecule has 1 atom stereocenters. The second kappa shape index (κ2) is 2.41. The van der Waals surface area contributed by atoms with E-state index in [-0.39, 0.29) is 0 Å². The lowest BCUT2D eigenvalue weighted by molar-refractivity contribution is -0.191. The predicted octanol–water partition coefficient (Wildman–Crippen LogP) is -2.90. The third kappa shape index (κ3) is 1.04. The number of likely N-dealkylation sites (N-methyl/N-ethyl adjacent to an activating group) is 1.